The molecule has 0 aromatic carbocycles. The van der Waals surface area contributed by atoms with Gasteiger partial charge in [-0.2, -0.15) is 0 Å². The first kappa shape index (κ1) is 76.3. The largest absolute Gasteiger partial charge is 0.462 e. The van der Waals surface area contributed by atoms with Gasteiger partial charge in [-0.25, -0.2) is 0 Å². The van der Waals surface area contributed by atoms with E-state index in [2.05, 4.69) is 154 Å². The van der Waals surface area contributed by atoms with E-state index in [-0.39, 0.29) is 31.6 Å². The van der Waals surface area contributed by atoms with Crippen LogP contribution in [0.25, 0.3) is 0 Å². The summed E-state index contributed by atoms with van der Waals surface area (Å²) in [7, 11) is 0. The van der Waals surface area contributed by atoms with Crippen LogP contribution in [0.5, 0.6) is 0 Å². The number of hydrogen-bond acceptors (Lipinski definition) is 6. The number of carbonyl (C=O) groups is 3. The molecule has 1 atom stereocenters. The molecule has 81 heavy (non-hydrogen) atoms. The van der Waals surface area contributed by atoms with E-state index in [1.165, 1.54) is 128 Å². The Morgan fingerprint density at radius 3 is 0.864 bits per heavy atom. The van der Waals surface area contributed by atoms with Gasteiger partial charge in [-0.3, -0.25) is 14.4 Å². The zero-order chi connectivity index (χ0) is 58.5. The summed E-state index contributed by atoms with van der Waals surface area (Å²) in [5.74, 6) is -1.06. The molecule has 0 aliphatic heterocycles. The molecule has 0 rings (SSSR count). The van der Waals surface area contributed by atoms with Crippen molar-refractivity contribution in [2.24, 2.45) is 0 Å². The maximum Gasteiger partial charge on any atom is 0.309 e. The number of rotatable bonds is 59. The van der Waals surface area contributed by atoms with Gasteiger partial charge in [0.2, 0.25) is 0 Å². The lowest BCUT2D eigenvalue weighted by Crippen LogP contribution is -2.30. The van der Waals surface area contributed by atoms with Gasteiger partial charge in [0.1, 0.15) is 13.2 Å². The Morgan fingerprint density at radius 2 is 0.531 bits per heavy atom. The van der Waals surface area contributed by atoms with E-state index in [9.17, 15) is 14.4 Å². The van der Waals surface area contributed by atoms with E-state index in [0.29, 0.717) is 12.8 Å². The number of hydrogen-bond donors (Lipinski definition) is 0. The summed E-state index contributed by atoms with van der Waals surface area (Å²) in [5, 5.41) is 0. The van der Waals surface area contributed by atoms with Crippen molar-refractivity contribution in [1.82, 2.24) is 0 Å². The lowest BCUT2D eigenvalue weighted by molar-refractivity contribution is -0.166. The van der Waals surface area contributed by atoms with Crippen molar-refractivity contribution >= 4 is 17.9 Å². The van der Waals surface area contributed by atoms with E-state index >= 15 is 0 Å². The van der Waals surface area contributed by atoms with Gasteiger partial charge in [0, 0.05) is 12.8 Å². The molecule has 6 nitrogen and oxygen atoms in total. The van der Waals surface area contributed by atoms with Crippen LogP contribution in [0.1, 0.15) is 290 Å². The van der Waals surface area contributed by atoms with E-state index in [1.54, 1.807) is 6.08 Å². The maximum atomic E-state index is 12.9. The molecule has 0 saturated carbocycles. The molecule has 458 valence electrons. The minimum absolute atomic E-state index is 0.117. The van der Waals surface area contributed by atoms with Crippen LogP contribution >= 0.6 is 0 Å². The third-order valence-corrected chi connectivity index (χ3v) is 13.8. The molecule has 0 fully saturated rings. The van der Waals surface area contributed by atoms with Gasteiger partial charge < -0.3 is 14.2 Å². The van der Waals surface area contributed by atoms with Crippen LogP contribution in [0.4, 0.5) is 0 Å². The molecular formula is C75H122O6. The molecule has 0 heterocycles. The zero-order valence-electron chi connectivity index (χ0n) is 52.5. The number of ether oxygens (including phenoxy) is 3. The molecule has 0 aliphatic rings. The highest BCUT2D eigenvalue weighted by molar-refractivity contribution is 5.72. The first-order valence-corrected chi connectivity index (χ1v) is 33.3. The predicted molar refractivity (Wildman–Crippen MR) is 352 cm³/mol. The smallest absolute Gasteiger partial charge is 0.309 e. The maximum absolute atomic E-state index is 12.9. The van der Waals surface area contributed by atoms with Crippen molar-refractivity contribution in [3.8, 4) is 0 Å². The number of allylic oxidation sites excluding steroid dienone is 23. The highest BCUT2D eigenvalue weighted by Gasteiger charge is 2.19. The quantitative estimate of drug-likeness (QED) is 0.0261. The molecule has 0 aromatic rings. The molecule has 0 bridgehead atoms. The topological polar surface area (TPSA) is 78.9 Å². The van der Waals surface area contributed by atoms with Crippen LogP contribution < -0.4 is 0 Å². The van der Waals surface area contributed by atoms with Crippen molar-refractivity contribution in [1.29, 1.82) is 0 Å². The van der Waals surface area contributed by atoms with E-state index in [1.807, 2.05) is 6.08 Å². The molecule has 1 unspecified atom stereocenters. The van der Waals surface area contributed by atoms with Gasteiger partial charge in [-0.05, 0) is 122 Å². The molecule has 0 N–H and O–H groups in total. The van der Waals surface area contributed by atoms with Gasteiger partial charge in [-0.15, -0.1) is 0 Å². The highest BCUT2D eigenvalue weighted by Crippen LogP contribution is 2.16. The third kappa shape index (κ3) is 66.0. The van der Waals surface area contributed by atoms with Crippen molar-refractivity contribution in [2.45, 2.75) is 297 Å². The predicted octanol–water partition coefficient (Wildman–Crippen LogP) is 23.1. The van der Waals surface area contributed by atoms with Gasteiger partial charge in [0.25, 0.3) is 0 Å². The summed E-state index contributed by atoms with van der Waals surface area (Å²) < 4.78 is 16.8. The Labute approximate surface area is 499 Å². The summed E-state index contributed by atoms with van der Waals surface area (Å²) in [6.07, 6.45) is 97.5. The minimum Gasteiger partial charge on any atom is -0.462 e. The average Bonchev–Trinajstić information content (AvgIpc) is 3.47. The monoisotopic (exact) mass is 1120 g/mol. The SMILES string of the molecule is CC/C=C\C/C=C\C/C=C\C/C=C\C/C=C\CC(=O)OCC(COC(=O)CCCCCCCCCCCCCCCCCC/C=C\C/C=C\C/C=C\C/C=C\CC)OC(=O)CCCCCCCC/C=C\C/C=C\C/C=C\CCCCC. The number of unbranched alkanes of at least 4 members (excludes halogenated alkanes) is 25. The fourth-order valence-corrected chi connectivity index (χ4v) is 8.93. The molecule has 0 saturated heterocycles. The Morgan fingerprint density at radius 1 is 0.272 bits per heavy atom. The van der Waals surface area contributed by atoms with Crippen molar-refractivity contribution in [3.63, 3.8) is 0 Å². The van der Waals surface area contributed by atoms with E-state index < -0.39 is 12.1 Å². The van der Waals surface area contributed by atoms with Gasteiger partial charge in [0.15, 0.2) is 6.10 Å². The molecule has 0 radical (unpaired) electrons. The fourth-order valence-electron chi connectivity index (χ4n) is 8.93. The second kappa shape index (κ2) is 67.8. The zero-order valence-corrected chi connectivity index (χ0v) is 52.5. The Hall–Kier alpha value is -4.71. The standard InChI is InChI=1S/C75H122O6/c1-4-7-10-13-16-19-22-25-28-30-32-33-34-35-36-37-38-39-40-41-43-44-47-50-53-56-59-62-65-68-74(77)80-71-72(70-79-73(76)67-64-61-58-55-52-49-46-27-24-21-18-15-12-9-6-3)81-75(78)69-66-63-60-57-54-51-48-45-42-31-29-26-23-20-17-14-11-8-5-2/h7,9-10,12,16-21,25-29,32-33,42,45-46,52,55,61,64,72H,4-6,8,11,13-15,22-24,30-31,34-41,43-44,47-51,53-54,56-60,62-63,65-71H2,1-3H3/b10-7-,12-9-,19-16-,20-17-,21-18-,28-25-,29-26-,33-32-,45-42-,46-27-,55-52-,64-61-. The summed E-state index contributed by atoms with van der Waals surface area (Å²) in [6.45, 7) is 6.30. The highest BCUT2D eigenvalue weighted by atomic mass is 16.6. The van der Waals surface area contributed by atoms with Crippen LogP contribution in [0.3, 0.4) is 0 Å². The van der Waals surface area contributed by atoms with Crippen LogP contribution in [-0.4, -0.2) is 37.2 Å². The first-order chi connectivity index (χ1) is 40.0. The van der Waals surface area contributed by atoms with Crippen molar-refractivity contribution < 1.29 is 28.6 Å². The van der Waals surface area contributed by atoms with Crippen LogP contribution in [0.15, 0.2) is 146 Å². The van der Waals surface area contributed by atoms with Gasteiger partial charge >= 0.3 is 17.9 Å². The Balaban J connectivity index is 4.37. The molecule has 0 spiro atoms. The van der Waals surface area contributed by atoms with E-state index in [4.69, 9.17) is 14.2 Å². The number of esters is 3. The average molecular weight is 1120 g/mol. The second-order valence-electron chi connectivity index (χ2n) is 21.6. The second-order valence-corrected chi connectivity index (χ2v) is 21.6. The lowest BCUT2D eigenvalue weighted by atomic mass is 10.0. The van der Waals surface area contributed by atoms with Crippen LogP contribution in [0, 0.1) is 0 Å². The molecule has 0 aliphatic carbocycles. The van der Waals surface area contributed by atoms with Gasteiger partial charge in [-0.1, -0.05) is 295 Å². The van der Waals surface area contributed by atoms with Crippen LogP contribution in [0.2, 0.25) is 0 Å². The lowest BCUT2D eigenvalue weighted by Gasteiger charge is -2.18. The summed E-state index contributed by atoms with van der Waals surface area (Å²) in [4.78, 5) is 38.3. The summed E-state index contributed by atoms with van der Waals surface area (Å²) in [6, 6.07) is 0. The molecule has 0 amide bonds. The Bertz CT molecular complexity index is 1760. The fraction of sp³-hybridized carbons (Fsp3) is 0.640. The minimum atomic E-state index is -0.831. The Kier molecular flexibility index (Phi) is 63.9. The van der Waals surface area contributed by atoms with Crippen molar-refractivity contribution in [2.75, 3.05) is 13.2 Å². The molecule has 6 heteroatoms. The third-order valence-electron chi connectivity index (χ3n) is 13.8. The first-order valence-electron chi connectivity index (χ1n) is 33.3. The van der Waals surface area contributed by atoms with Gasteiger partial charge in [0.05, 0.1) is 6.42 Å². The summed E-state index contributed by atoms with van der Waals surface area (Å²) >= 11 is 0. The van der Waals surface area contributed by atoms with Crippen molar-refractivity contribution in [3.05, 3.63) is 146 Å². The van der Waals surface area contributed by atoms with E-state index in [0.717, 1.165) is 122 Å². The normalized spacial score (nSPS) is 13.1. The molecular weight excluding hydrogens is 997 g/mol. The number of carbonyl (C=O) groups excluding carboxylic acids is 3. The summed E-state index contributed by atoms with van der Waals surface area (Å²) in [5.41, 5.74) is 0. The van der Waals surface area contributed by atoms with Crippen LogP contribution in [-0.2, 0) is 28.6 Å². The molecule has 0 aromatic heterocycles.